The molecule has 0 radical (unpaired) electrons. The SMILES string of the molecule is CC(C)(O)[C@@H]1Cc2c(cc3oc4c(c(=O)c3c2OC2CCCC2)[C@@H](c2ccc(NO)cc2)CC[C@]4(O)CCN=C(N)N)O1. The third-order valence-corrected chi connectivity index (χ3v) is 9.15. The first-order valence-electron chi connectivity index (χ1n) is 15.0. The van der Waals surface area contributed by atoms with E-state index in [0.717, 1.165) is 36.8 Å². The zero-order chi connectivity index (χ0) is 30.5. The van der Waals surface area contributed by atoms with Crippen LogP contribution in [0.15, 0.2) is 44.5 Å². The molecule has 0 bridgehead atoms. The fourth-order valence-electron chi connectivity index (χ4n) is 6.76. The van der Waals surface area contributed by atoms with Crippen LogP contribution in [0.5, 0.6) is 11.5 Å². The van der Waals surface area contributed by atoms with Gasteiger partial charge in [-0.1, -0.05) is 12.1 Å². The van der Waals surface area contributed by atoms with Crippen LogP contribution in [0, 0.1) is 0 Å². The predicted octanol–water partition coefficient (Wildman–Crippen LogP) is 3.77. The highest BCUT2D eigenvalue weighted by molar-refractivity contribution is 5.89. The molecule has 0 unspecified atom stereocenters. The van der Waals surface area contributed by atoms with Gasteiger partial charge >= 0.3 is 0 Å². The number of hydrogen-bond donors (Lipinski definition) is 6. The molecule has 1 aliphatic heterocycles. The second kappa shape index (κ2) is 11.0. The summed E-state index contributed by atoms with van der Waals surface area (Å²) in [5.41, 5.74) is 13.1. The van der Waals surface area contributed by atoms with E-state index in [9.17, 15) is 20.2 Å². The highest BCUT2D eigenvalue weighted by atomic mass is 16.5. The van der Waals surface area contributed by atoms with Gasteiger partial charge in [0, 0.05) is 42.5 Å². The van der Waals surface area contributed by atoms with Gasteiger partial charge in [0.15, 0.2) is 5.96 Å². The number of aliphatic hydroxyl groups is 2. The van der Waals surface area contributed by atoms with Crippen molar-refractivity contribution >= 4 is 22.6 Å². The van der Waals surface area contributed by atoms with E-state index in [0.29, 0.717) is 47.4 Å². The lowest BCUT2D eigenvalue weighted by Crippen LogP contribution is -2.39. The molecule has 43 heavy (non-hydrogen) atoms. The Morgan fingerprint density at radius 1 is 1.19 bits per heavy atom. The summed E-state index contributed by atoms with van der Waals surface area (Å²) in [6.45, 7) is 3.54. The Morgan fingerprint density at radius 2 is 1.91 bits per heavy atom. The molecule has 8 N–H and O–H groups in total. The number of rotatable bonds is 8. The third kappa shape index (κ3) is 5.41. The minimum Gasteiger partial charge on any atom is -0.489 e. The summed E-state index contributed by atoms with van der Waals surface area (Å²) in [6.07, 6.45) is 4.62. The summed E-state index contributed by atoms with van der Waals surface area (Å²) in [7, 11) is 0. The molecule has 2 aromatic carbocycles. The number of guanidine groups is 1. The number of nitrogens with zero attached hydrogens (tertiary/aromatic N) is 1. The van der Waals surface area contributed by atoms with Gasteiger partial charge in [-0.15, -0.1) is 0 Å². The van der Waals surface area contributed by atoms with Gasteiger partial charge in [0.05, 0.1) is 17.4 Å². The number of nitrogens with two attached hydrogens (primary N) is 2. The Bertz CT molecular complexity index is 1600. The molecule has 1 aromatic heterocycles. The Balaban J connectivity index is 1.58. The quantitative estimate of drug-likeness (QED) is 0.128. The van der Waals surface area contributed by atoms with Crippen LogP contribution < -0.4 is 31.8 Å². The van der Waals surface area contributed by atoms with Crippen molar-refractivity contribution in [2.45, 2.75) is 94.5 Å². The van der Waals surface area contributed by atoms with E-state index in [-0.39, 0.29) is 47.7 Å². The minimum absolute atomic E-state index is 0.0443. The van der Waals surface area contributed by atoms with Crippen LogP contribution in [-0.4, -0.2) is 45.7 Å². The summed E-state index contributed by atoms with van der Waals surface area (Å²) in [6, 6.07) is 8.84. The Labute approximate surface area is 249 Å². The van der Waals surface area contributed by atoms with E-state index in [2.05, 4.69) is 10.5 Å². The maximum atomic E-state index is 14.8. The Morgan fingerprint density at radius 3 is 2.56 bits per heavy atom. The molecule has 1 fully saturated rings. The highest BCUT2D eigenvalue weighted by Crippen LogP contribution is 2.49. The van der Waals surface area contributed by atoms with Crippen molar-refractivity contribution in [3.05, 3.63) is 63.0 Å². The lowest BCUT2D eigenvalue weighted by molar-refractivity contribution is -0.0230. The molecule has 3 atom stereocenters. The standard InChI is InChI=1S/C32H40N4O7/c1-31(2,38)24-15-21-22(42-24)16-23-26(28(21)41-19-5-3-4-6-19)27(37)25-20(17-7-9-18(36-40)10-8-17)11-12-32(39,29(25)43-23)13-14-35-30(33)34/h7-10,16,19-20,24,36,38-40H,3-6,11-15H2,1-2H3,(H4,33,34,35)/t20-,24+,32+/m1/s1. The highest BCUT2D eigenvalue weighted by Gasteiger charge is 2.45. The van der Waals surface area contributed by atoms with Crippen LogP contribution in [0.3, 0.4) is 0 Å². The fraction of sp³-hybridized carbons (Fsp3) is 0.500. The molecule has 11 nitrogen and oxygen atoms in total. The number of anilines is 1. The van der Waals surface area contributed by atoms with Gasteiger partial charge in [0.1, 0.15) is 39.9 Å². The molecule has 11 heteroatoms. The number of fused-ring (bicyclic) bond motifs is 3. The molecule has 0 spiro atoms. The van der Waals surface area contributed by atoms with Crippen LogP contribution in [0.2, 0.25) is 0 Å². The first-order chi connectivity index (χ1) is 20.5. The lowest BCUT2D eigenvalue weighted by Gasteiger charge is -2.36. The normalized spacial score (nSPS) is 23.5. The number of aliphatic imine (C=N–C) groups is 1. The summed E-state index contributed by atoms with van der Waals surface area (Å²) < 4.78 is 19.4. The van der Waals surface area contributed by atoms with Crippen LogP contribution in [0.1, 0.15) is 87.2 Å². The van der Waals surface area contributed by atoms with Crippen molar-refractivity contribution in [1.29, 1.82) is 0 Å². The topological polar surface area (TPSA) is 186 Å². The van der Waals surface area contributed by atoms with E-state index in [1.54, 1.807) is 32.0 Å². The predicted molar refractivity (Wildman–Crippen MR) is 162 cm³/mol. The van der Waals surface area contributed by atoms with Crippen molar-refractivity contribution in [2.24, 2.45) is 16.5 Å². The average Bonchev–Trinajstić information content (AvgIpc) is 3.64. The molecular weight excluding hydrogens is 552 g/mol. The Kier molecular flexibility index (Phi) is 7.52. The largest absolute Gasteiger partial charge is 0.489 e. The van der Waals surface area contributed by atoms with E-state index in [4.69, 9.17) is 25.4 Å². The van der Waals surface area contributed by atoms with Crippen molar-refractivity contribution in [1.82, 2.24) is 0 Å². The van der Waals surface area contributed by atoms with E-state index >= 15 is 0 Å². The van der Waals surface area contributed by atoms with Crippen LogP contribution >= 0.6 is 0 Å². The van der Waals surface area contributed by atoms with Gasteiger partial charge in [0.25, 0.3) is 0 Å². The molecule has 3 aromatic rings. The van der Waals surface area contributed by atoms with E-state index in [1.807, 2.05) is 12.1 Å². The van der Waals surface area contributed by atoms with Gasteiger partial charge in [-0.25, -0.2) is 0 Å². The molecule has 3 aliphatic rings. The van der Waals surface area contributed by atoms with Gasteiger partial charge < -0.3 is 35.6 Å². The van der Waals surface area contributed by atoms with Crippen LogP contribution in [-0.2, 0) is 12.0 Å². The zero-order valence-electron chi connectivity index (χ0n) is 24.6. The number of benzene rings is 2. The van der Waals surface area contributed by atoms with Gasteiger partial charge in [-0.3, -0.25) is 20.5 Å². The van der Waals surface area contributed by atoms with Crippen molar-refractivity contribution in [2.75, 3.05) is 12.0 Å². The minimum atomic E-state index is -1.49. The molecule has 1 saturated carbocycles. The monoisotopic (exact) mass is 592 g/mol. The molecule has 6 rings (SSSR count). The molecule has 0 amide bonds. The van der Waals surface area contributed by atoms with Crippen molar-refractivity contribution < 1.29 is 29.3 Å². The number of ether oxygens (including phenoxy) is 2. The number of hydrogen-bond acceptors (Lipinski definition) is 9. The summed E-state index contributed by atoms with van der Waals surface area (Å²) in [5.74, 6) is 0.660. The first kappa shape index (κ1) is 29.3. The van der Waals surface area contributed by atoms with Crippen LogP contribution in [0.4, 0.5) is 5.69 Å². The maximum absolute atomic E-state index is 14.8. The molecule has 2 heterocycles. The second-order valence-corrected chi connectivity index (χ2v) is 12.6. The molecule has 2 aliphatic carbocycles. The smallest absolute Gasteiger partial charge is 0.200 e. The summed E-state index contributed by atoms with van der Waals surface area (Å²) in [4.78, 5) is 18.8. The second-order valence-electron chi connectivity index (χ2n) is 12.6. The van der Waals surface area contributed by atoms with Crippen LogP contribution in [0.25, 0.3) is 11.0 Å². The van der Waals surface area contributed by atoms with Gasteiger partial charge in [-0.05, 0) is 70.1 Å². The summed E-state index contributed by atoms with van der Waals surface area (Å²) in [5, 5.41) is 32.4. The Hall–Kier alpha value is -3.80. The van der Waals surface area contributed by atoms with E-state index < -0.39 is 17.3 Å². The van der Waals surface area contributed by atoms with Crippen molar-refractivity contribution in [3.63, 3.8) is 0 Å². The molecular formula is C32H40N4O7. The van der Waals surface area contributed by atoms with Gasteiger partial charge in [0.2, 0.25) is 5.43 Å². The maximum Gasteiger partial charge on any atom is 0.200 e. The average molecular weight is 593 g/mol. The van der Waals surface area contributed by atoms with Crippen molar-refractivity contribution in [3.8, 4) is 11.5 Å². The lowest BCUT2D eigenvalue weighted by atomic mass is 9.73. The zero-order valence-corrected chi connectivity index (χ0v) is 24.6. The van der Waals surface area contributed by atoms with E-state index in [1.165, 1.54) is 0 Å². The third-order valence-electron chi connectivity index (χ3n) is 9.15. The number of nitrogens with one attached hydrogen (secondary N) is 1. The molecule has 230 valence electrons. The first-order valence-corrected chi connectivity index (χ1v) is 15.0. The fourth-order valence-corrected chi connectivity index (χ4v) is 6.76. The van der Waals surface area contributed by atoms with Gasteiger partial charge in [-0.2, -0.15) is 0 Å². The summed E-state index contributed by atoms with van der Waals surface area (Å²) >= 11 is 0. The molecule has 0 saturated heterocycles.